The highest BCUT2D eigenvalue weighted by Crippen LogP contribution is 2.46. The van der Waals surface area contributed by atoms with Gasteiger partial charge in [-0.3, -0.25) is 0 Å². The van der Waals surface area contributed by atoms with Gasteiger partial charge < -0.3 is 5.11 Å². The van der Waals surface area contributed by atoms with E-state index < -0.39 is 0 Å². The number of nitrogens with zero attached hydrogens (tertiary/aromatic N) is 2. The highest BCUT2D eigenvalue weighted by molar-refractivity contribution is 5.22. The average Bonchev–Trinajstić information content (AvgIpc) is 2.96. The Hall–Kier alpha value is -0.960. The first-order chi connectivity index (χ1) is 7.55. The van der Waals surface area contributed by atoms with E-state index in [1.165, 1.54) is 0 Å². The summed E-state index contributed by atoms with van der Waals surface area (Å²) in [5.41, 5.74) is 2.01. The maximum Gasteiger partial charge on any atom is 0.137 e. The lowest BCUT2D eigenvalue weighted by atomic mass is 10.0. The van der Waals surface area contributed by atoms with E-state index in [0.29, 0.717) is 5.92 Å². The van der Waals surface area contributed by atoms with Crippen molar-refractivity contribution >= 4 is 0 Å². The van der Waals surface area contributed by atoms with Crippen LogP contribution in [-0.2, 0) is 11.8 Å². The first-order valence-corrected chi connectivity index (χ1v) is 6.02. The molecule has 0 saturated heterocycles. The van der Waals surface area contributed by atoms with Crippen molar-refractivity contribution in [3.63, 3.8) is 0 Å². The van der Waals surface area contributed by atoms with E-state index >= 15 is 0 Å². The highest BCUT2D eigenvalue weighted by Gasteiger charge is 2.46. The zero-order chi connectivity index (χ0) is 11.8. The zero-order valence-electron chi connectivity index (χ0n) is 10.3. The number of aryl methyl sites for hydroxylation is 1. The second-order valence-corrected chi connectivity index (χ2v) is 5.36. The van der Waals surface area contributed by atoms with Crippen molar-refractivity contribution in [2.24, 2.45) is 5.92 Å². The molecule has 0 aromatic carbocycles. The molecule has 1 fully saturated rings. The summed E-state index contributed by atoms with van der Waals surface area (Å²) >= 11 is 0. The van der Waals surface area contributed by atoms with Crippen molar-refractivity contribution in [1.29, 1.82) is 0 Å². The van der Waals surface area contributed by atoms with Gasteiger partial charge in [0.2, 0.25) is 0 Å². The average molecular weight is 220 g/mol. The van der Waals surface area contributed by atoms with Crippen molar-refractivity contribution in [3.8, 4) is 0 Å². The lowest BCUT2D eigenvalue weighted by molar-refractivity contribution is 0.249. The van der Waals surface area contributed by atoms with Crippen molar-refractivity contribution < 1.29 is 5.11 Å². The third kappa shape index (κ3) is 2.24. The van der Waals surface area contributed by atoms with Gasteiger partial charge >= 0.3 is 0 Å². The first-order valence-electron chi connectivity index (χ1n) is 6.02. The van der Waals surface area contributed by atoms with Crippen molar-refractivity contribution in [2.45, 2.75) is 45.4 Å². The quantitative estimate of drug-likeness (QED) is 0.844. The Morgan fingerprint density at radius 1 is 1.38 bits per heavy atom. The van der Waals surface area contributed by atoms with Crippen LogP contribution in [0.25, 0.3) is 0 Å². The molecule has 1 aromatic rings. The minimum Gasteiger partial charge on any atom is -0.395 e. The molecule has 0 radical (unpaired) electrons. The molecule has 0 aliphatic heterocycles. The van der Waals surface area contributed by atoms with Gasteiger partial charge in [0.05, 0.1) is 12.0 Å². The lowest BCUT2D eigenvalue weighted by Gasteiger charge is -2.13. The molecule has 0 atom stereocenters. The molecule has 0 unspecified atom stereocenters. The number of aromatic nitrogens is 2. The van der Waals surface area contributed by atoms with Crippen molar-refractivity contribution in [1.82, 2.24) is 9.97 Å². The summed E-state index contributed by atoms with van der Waals surface area (Å²) in [6, 6.07) is 2.05. The normalized spacial score (nSPS) is 17.8. The third-order valence-electron chi connectivity index (χ3n) is 3.16. The molecule has 0 spiro atoms. The second kappa shape index (κ2) is 4.13. The van der Waals surface area contributed by atoms with Crippen LogP contribution in [-0.4, -0.2) is 21.7 Å². The Morgan fingerprint density at radius 2 is 2.06 bits per heavy atom. The van der Waals surface area contributed by atoms with Gasteiger partial charge in [-0.15, -0.1) is 0 Å². The fourth-order valence-electron chi connectivity index (χ4n) is 2.00. The van der Waals surface area contributed by atoms with Crippen LogP contribution in [0.1, 0.15) is 43.9 Å². The summed E-state index contributed by atoms with van der Waals surface area (Å²) < 4.78 is 0. The molecule has 1 saturated carbocycles. The van der Waals surface area contributed by atoms with Crippen LogP contribution in [0, 0.1) is 12.8 Å². The molecular weight excluding hydrogens is 200 g/mol. The molecule has 1 heterocycles. The molecule has 3 heteroatoms. The Labute approximate surface area is 96.9 Å². The van der Waals surface area contributed by atoms with Crippen LogP contribution in [0.5, 0.6) is 0 Å². The summed E-state index contributed by atoms with van der Waals surface area (Å²) in [7, 11) is 0. The predicted octanol–water partition coefficient (Wildman–Crippen LogP) is 2.01. The van der Waals surface area contributed by atoms with Crippen LogP contribution < -0.4 is 0 Å². The van der Waals surface area contributed by atoms with E-state index in [1.54, 1.807) is 0 Å². The zero-order valence-corrected chi connectivity index (χ0v) is 10.3. The molecule has 0 amide bonds. The minimum absolute atomic E-state index is 0.113. The monoisotopic (exact) mass is 220 g/mol. The van der Waals surface area contributed by atoms with E-state index in [1.807, 2.05) is 6.92 Å². The van der Waals surface area contributed by atoms with Crippen LogP contribution in [0.4, 0.5) is 0 Å². The van der Waals surface area contributed by atoms with Crippen LogP contribution in [0.2, 0.25) is 0 Å². The molecule has 0 bridgehead atoms. The van der Waals surface area contributed by atoms with Gasteiger partial charge in [0.25, 0.3) is 0 Å². The number of hydrogen-bond donors (Lipinski definition) is 1. The van der Waals surface area contributed by atoms with E-state index in [-0.39, 0.29) is 12.0 Å². The molecule has 2 rings (SSSR count). The predicted molar refractivity (Wildman–Crippen MR) is 63.3 cm³/mol. The number of rotatable bonds is 4. The molecular formula is C13H20N2O. The van der Waals surface area contributed by atoms with Gasteiger partial charge in [-0.25, -0.2) is 9.97 Å². The fourth-order valence-corrected chi connectivity index (χ4v) is 2.00. The third-order valence-corrected chi connectivity index (χ3v) is 3.16. The fraction of sp³-hybridized carbons (Fsp3) is 0.692. The number of aliphatic hydroxyl groups is 1. The summed E-state index contributed by atoms with van der Waals surface area (Å²) in [6.07, 6.45) is 3.03. The second-order valence-electron chi connectivity index (χ2n) is 5.36. The number of hydrogen-bond acceptors (Lipinski definition) is 3. The van der Waals surface area contributed by atoms with E-state index in [4.69, 9.17) is 0 Å². The van der Waals surface area contributed by atoms with Gasteiger partial charge in [0.1, 0.15) is 5.82 Å². The highest BCUT2D eigenvalue weighted by atomic mass is 16.3. The molecule has 3 nitrogen and oxygen atoms in total. The van der Waals surface area contributed by atoms with Crippen molar-refractivity contribution in [2.75, 3.05) is 6.61 Å². The van der Waals surface area contributed by atoms with E-state index in [2.05, 4.69) is 29.9 Å². The van der Waals surface area contributed by atoms with Crippen LogP contribution >= 0.6 is 0 Å². The van der Waals surface area contributed by atoms with Gasteiger partial charge in [0, 0.05) is 11.4 Å². The molecule has 1 aromatic heterocycles. The van der Waals surface area contributed by atoms with Gasteiger partial charge in [-0.05, 0) is 38.2 Å². The van der Waals surface area contributed by atoms with Gasteiger partial charge in [-0.2, -0.15) is 0 Å². The molecule has 1 N–H and O–H groups in total. The maximum atomic E-state index is 9.39. The van der Waals surface area contributed by atoms with Crippen LogP contribution in [0.15, 0.2) is 6.07 Å². The Morgan fingerprint density at radius 3 is 2.56 bits per heavy atom. The van der Waals surface area contributed by atoms with Crippen molar-refractivity contribution in [3.05, 3.63) is 23.3 Å². The summed E-state index contributed by atoms with van der Waals surface area (Å²) in [6.45, 7) is 6.56. The molecule has 16 heavy (non-hydrogen) atoms. The summed E-state index contributed by atoms with van der Waals surface area (Å²) in [4.78, 5) is 9.08. The Kier molecular flexibility index (Phi) is 2.98. The summed E-state index contributed by atoms with van der Waals surface area (Å²) in [5.74, 6) is 1.46. The van der Waals surface area contributed by atoms with E-state index in [9.17, 15) is 5.11 Å². The molecule has 1 aliphatic carbocycles. The number of aliphatic hydroxyl groups excluding tert-OH is 1. The standard InChI is InChI=1S/C13H20N2O/c1-9(2)6-11-7-10(3)14-12(15-11)13(8-16)4-5-13/h7,9,16H,4-6,8H2,1-3H3. The van der Waals surface area contributed by atoms with E-state index in [0.717, 1.165) is 36.5 Å². The van der Waals surface area contributed by atoms with Gasteiger partial charge in [0.15, 0.2) is 0 Å². The van der Waals surface area contributed by atoms with Gasteiger partial charge in [-0.1, -0.05) is 13.8 Å². The lowest BCUT2D eigenvalue weighted by Crippen LogP contribution is -2.18. The molecule has 1 aliphatic rings. The SMILES string of the molecule is Cc1cc(CC(C)C)nc(C2(CO)CC2)n1. The maximum absolute atomic E-state index is 9.39. The smallest absolute Gasteiger partial charge is 0.137 e. The van der Waals surface area contributed by atoms with Crippen LogP contribution in [0.3, 0.4) is 0 Å². The molecule has 88 valence electrons. The minimum atomic E-state index is -0.113. The largest absolute Gasteiger partial charge is 0.395 e. The Bertz CT molecular complexity index is 384. The topological polar surface area (TPSA) is 46.0 Å². The summed E-state index contributed by atoms with van der Waals surface area (Å²) in [5, 5.41) is 9.39. The first kappa shape index (κ1) is 11.5. The Balaban J connectivity index is 2.29.